The predicted molar refractivity (Wildman–Crippen MR) is 150 cm³/mol. The fourth-order valence-electron chi connectivity index (χ4n) is 9.36. The van der Waals surface area contributed by atoms with Gasteiger partial charge in [0.05, 0.1) is 6.54 Å². The third-order valence-corrected chi connectivity index (χ3v) is 11.3. The first-order valence-corrected chi connectivity index (χ1v) is 15.5. The lowest BCUT2D eigenvalue weighted by Gasteiger charge is -2.58. The maximum Gasteiger partial charge on any atom is 0.407 e. The van der Waals surface area contributed by atoms with E-state index in [0.29, 0.717) is 12.0 Å². The highest BCUT2D eigenvalue weighted by molar-refractivity contribution is 5.82. The number of alkyl carbamates (subject to hydrolysis) is 1. The van der Waals surface area contributed by atoms with Gasteiger partial charge < -0.3 is 15.4 Å². The smallest absolute Gasteiger partial charge is 0.407 e. The highest BCUT2D eigenvalue weighted by Crippen LogP contribution is 2.67. The average Bonchev–Trinajstić information content (AvgIpc) is 3.20. The minimum absolute atomic E-state index is 0.0267. The van der Waals surface area contributed by atoms with Gasteiger partial charge in [-0.2, -0.15) is 0 Å². The van der Waals surface area contributed by atoms with Crippen LogP contribution in [0.4, 0.5) is 4.79 Å². The second kappa shape index (κ2) is 11.7. The fourth-order valence-corrected chi connectivity index (χ4v) is 9.36. The van der Waals surface area contributed by atoms with Crippen LogP contribution in [0.3, 0.4) is 0 Å². The van der Waals surface area contributed by atoms with Gasteiger partial charge in [0, 0.05) is 13.0 Å². The Morgan fingerprint density at radius 2 is 1.81 bits per heavy atom. The Bertz CT molecular complexity index is 853. The minimum atomic E-state index is -0.470. The molecule has 3 saturated carbocycles. The van der Waals surface area contributed by atoms with E-state index < -0.39 is 6.09 Å². The van der Waals surface area contributed by atoms with Crippen LogP contribution in [-0.2, 0) is 9.53 Å². The summed E-state index contributed by atoms with van der Waals surface area (Å²) in [6.45, 7) is 14.8. The van der Waals surface area contributed by atoms with Crippen LogP contribution < -0.4 is 10.6 Å². The Morgan fingerprint density at radius 3 is 2.54 bits per heavy atom. The molecule has 2 N–H and O–H groups in total. The Morgan fingerprint density at radius 1 is 1.03 bits per heavy atom. The second-order valence-electron chi connectivity index (χ2n) is 13.9. The largest absolute Gasteiger partial charge is 0.446 e. The van der Waals surface area contributed by atoms with Gasteiger partial charge in [-0.3, -0.25) is 4.79 Å². The number of nitrogens with one attached hydrogen (secondary N) is 2. The van der Waals surface area contributed by atoms with E-state index in [9.17, 15) is 9.59 Å². The van der Waals surface area contributed by atoms with E-state index >= 15 is 0 Å². The van der Waals surface area contributed by atoms with E-state index in [0.717, 1.165) is 54.8 Å². The van der Waals surface area contributed by atoms with E-state index in [1.54, 1.807) is 0 Å². The van der Waals surface area contributed by atoms with Gasteiger partial charge in [0.1, 0.15) is 6.10 Å². The second-order valence-corrected chi connectivity index (χ2v) is 13.9. The predicted octanol–water partition coefficient (Wildman–Crippen LogP) is 7.26. The number of carbonyl (C=O) groups excluding carboxylic acids is 2. The summed E-state index contributed by atoms with van der Waals surface area (Å²) >= 11 is 0. The van der Waals surface area contributed by atoms with Crippen LogP contribution in [0.5, 0.6) is 0 Å². The van der Waals surface area contributed by atoms with Crippen molar-refractivity contribution in [2.45, 2.75) is 118 Å². The van der Waals surface area contributed by atoms with Crippen molar-refractivity contribution in [3.05, 3.63) is 11.6 Å². The molecule has 0 heterocycles. The summed E-state index contributed by atoms with van der Waals surface area (Å²) in [6.07, 6.45) is 15.9. The van der Waals surface area contributed by atoms with Crippen LogP contribution in [0.15, 0.2) is 11.6 Å². The van der Waals surface area contributed by atoms with E-state index in [4.69, 9.17) is 4.74 Å². The Labute approximate surface area is 226 Å². The molecule has 4 aliphatic rings. The Balaban J connectivity index is 1.36. The molecule has 0 aromatic heterocycles. The quantitative estimate of drug-likeness (QED) is 0.318. The van der Waals surface area contributed by atoms with E-state index in [1.807, 2.05) is 6.92 Å². The molecule has 0 saturated heterocycles. The maximum absolute atomic E-state index is 12.3. The van der Waals surface area contributed by atoms with Crippen LogP contribution in [0.1, 0.15) is 112 Å². The van der Waals surface area contributed by atoms with E-state index in [2.05, 4.69) is 51.3 Å². The molecule has 8 atom stereocenters. The zero-order valence-electron chi connectivity index (χ0n) is 24.5. The number of allylic oxidation sites excluding steroid dienone is 1. The van der Waals surface area contributed by atoms with Crippen molar-refractivity contribution >= 4 is 12.0 Å². The number of likely N-dealkylation sites (N-methyl/N-ethyl adjacent to an activating group) is 1. The minimum Gasteiger partial charge on any atom is -0.446 e. The van der Waals surface area contributed by atoms with Crippen molar-refractivity contribution in [1.29, 1.82) is 0 Å². The number of rotatable bonds is 9. The van der Waals surface area contributed by atoms with Crippen molar-refractivity contribution in [3.63, 3.8) is 0 Å². The topological polar surface area (TPSA) is 67.4 Å². The van der Waals surface area contributed by atoms with Gasteiger partial charge in [0.25, 0.3) is 0 Å². The molecule has 37 heavy (non-hydrogen) atoms. The first kappa shape index (κ1) is 28.5. The van der Waals surface area contributed by atoms with Gasteiger partial charge in [-0.1, -0.05) is 65.5 Å². The van der Waals surface area contributed by atoms with Gasteiger partial charge in [-0.25, -0.2) is 4.79 Å². The molecule has 210 valence electrons. The molecule has 0 spiro atoms. The summed E-state index contributed by atoms with van der Waals surface area (Å²) in [5.41, 5.74) is 2.30. The average molecular weight is 515 g/mol. The van der Waals surface area contributed by atoms with Gasteiger partial charge in [0.2, 0.25) is 5.91 Å². The summed E-state index contributed by atoms with van der Waals surface area (Å²) < 4.78 is 5.75. The van der Waals surface area contributed by atoms with E-state index in [-0.39, 0.29) is 24.0 Å². The van der Waals surface area contributed by atoms with Crippen molar-refractivity contribution in [1.82, 2.24) is 10.6 Å². The molecular weight excluding hydrogens is 460 g/mol. The Hall–Kier alpha value is -1.52. The molecule has 0 aromatic carbocycles. The SMILES string of the molecule is CCNC(=O)CNC(=O)O[C@H]1CC[C@@]2(C)C(=CC[C@H]3[C@@H]4CC[C@H]([C@H](C)CCCC(C)C)[C@@]4(C)CC[C@@H]32)C1. The molecule has 0 unspecified atom stereocenters. The number of carbonyl (C=O) groups is 2. The number of fused-ring (bicyclic) bond motifs is 5. The molecule has 0 radical (unpaired) electrons. The molecule has 2 amide bonds. The van der Waals surface area contributed by atoms with Crippen molar-refractivity contribution in [2.75, 3.05) is 13.1 Å². The third-order valence-electron chi connectivity index (χ3n) is 11.3. The molecule has 3 fully saturated rings. The molecule has 4 rings (SSSR count). The molecule has 5 nitrogen and oxygen atoms in total. The normalized spacial score (nSPS) is 37.6. The van der Waals surface area contributed by atoms with Gasteiger partial charge >= 0.3 is 6.09 Å². The third kappa shape index (κ3) is 5.91. The number of amides is 2. The standard InChI is InChI=1S/C32H54N2O3/c1-7-33-29(35)20-34-30(36)37-24-15-17-31(5)23(19-24)11-12-25-27-14-13-26(22(4)10-8-9-21(2)3)32(27,6)18-16-28(25)31/h11,21-22,24-28H,7-10,12-20H2,1-6H3,(H,33,35)(H,34,36)/t22-,24+,25+,26-,27+,28+,31+,32-/m1/s1. The van der Waals surface area contributed by atoms with Crippen LogP contribution in [0.25, 0.3) is 0 Å². The first-order chi connectivity index (χ1) is 17.6. The number of hydrogen-bond donors (Lipinski definition) is 2. The summed E-state index contributed by atoms with van der Waals surface area (Å²) in [5.74, 6) is 4.84. The number of ether oxygens (including phenoxy) is 1. The van der Waals surface area contributed by atoms with Gasteiger partial charge in [-0.15, -0.1) is 0 Å². The van der Waals surface area contributed by atoms with Crippen LogP contribution in [0, 0.1) is 46.3 Å². The van der Waals surface area contributed by atoms with Crippen LogP contribution in [-0.4, -0.2) is 31.2 Å². The zero-order valence-corrected chi connectivity index (χ0v) is 24.5. The van der Waals surface area contributed by atoms with Crippen molar-refractivity contribution in [2.24, 2.45) is 46.3 Å². The molecule has 5 heteroatoms. The van der Waals surface area contributed by atoms with Crippen molar-refractivity contribution < 1.29 is 14.3 Å². The monoisotopic (exact) mass is 514 g/mol. The molecule has 0 aliphatic heterocycles. The van der Waals surface area contributed by atoms with Gasteiger partial charge in [0.15, 0.2) is 0 Å². The summed E-state index contributed by atoms with van der Waals surface area (Å²) in [4.78, 5) is 23.9. The highest BCUT2D eigenvalue weighted by atomic mass is 16.6. The summed E-state index contributed by atoms with van der Waals surface area (Å²) in [7, 11) is 0. The molecule has 4 aliphatic carbocycles. The van der Waals surface area contributed by atoms with E-state index in [1.165, 1.54) is 56.9 Å². The van der Waals surface area contributed by atoms with Gasteiger partial charge in [-0.05, 0) is 98.2 Å². The Kier molecular flexibility index (Phi) is 9.01. The molecular formula is C32H54N2O3. The summed E-state index contributed by atoms with van der Waals surface area (Å²) in [5, 5.41) is 5.30. The molecule has 0 bridgehead atoms. The van der Waals surface area contributed by atoms with Crippen LogP contribution in [0.2, 0.25) is 0 Å². The first-order valence-electron chi connectivity index (χ1n) is 15.5. The lowest BCUT2D eigenvalue weighted by molar-refractivity contribution is -0.120. The lowest BCUT2D eigenvalue weighted by atomic mass is 9.47. The fraction of sp³-hybridized carbons (Fsp3) is 0.875. The van der Waals surface area contributed by atoms with Crippen molar-refractivity contribution in [3.8, 4) is 0 Å². The maximum atomic E-state index is 12.3. The zero-order chi connectivity index (χ0) is 26.8. The number of hydrogen-bond acceptors (Lipinski definition) is 3. The lowest BCUT2D eigenvalue weighted by Crippen LogP contribution is -2.51. The van der Waals surface area contributed by atoms with Crippen LogP contribution >= 0.6 is 0 Å². The highest BCUT2D eigenvalue weighted by Gasteiger charge is 2.59. The summed E-state index contributed by atoms with van der Waals surface area (Å²) in [6, 6.07) is 0. The molecule has 0 aromatic rings.